The number of piperidine rings is 1. The van der Waals surface area contributed by atoms with Crippen molar-refractivity contribution in [3.05, 3.63) is 48.3 Å². The molecule has 23 heavy (non-hydrogen) atoms. The molecule has 1 saturated heterocycles. The number of rotatable bonds is 5. The monoisotopic (exact) mass is 312 g/mol. The van der Waals surface area contributed by atoms with Crippen LogP contribution in [-0.2, 0) is 11.3 Å². The minimum Gasteiger partial charge on any atom is -0.343 e. The number of aromatic nitrogens is 2. The Bertz CT molecular complexity index is 629. The average molecular weight is 312 g/mol. The highest BCUT2D eigenvalue weighted by Gasteiger charge is 2.20. The standard InChI is InChI=1S/C18H24N4O/c1-15(23)21-11-8-16(9-12-21)13-19-14-18-7-10-20-22(18)17-5-3-2-4-6-17/h2-7,10,16,19H,8-9,11-14H2,1H3. The van der Waals surface area contributed by atoms with Crippen molar-refractivity contribution in [3.63, 3.8) is 0 Å². The van der Waals surface area contributed by atoms with Crippen LogP contribution in [0.2, 0.25) is 0 Å². The van der Waals surface area contributed by atoms with Gasteiger partial charge in [-0.25, -0.2) is 4.68 Å². The van der Waals surface area contributed by atoms with E-state index in [0.29, 0.717) is 5.92 Å². The lowest BCUT2D eigenvalue weighted by atomic mass is 9.97. The third-order valence-corrected chi connectivity index (χ3v) is 4.52. The summed E-state index contributed by atoms with van der Waals surface area (Å²) in [6, 6.07) is 12.2. The Morgan fingerprint density at radius 3 is 2.65 bits per heavy atom. The molecule has 1 fully saturated rings. The third-order valence-electron chi connectivity index (χ3n) is 4.52. The van der Waals surface area contributed by atoms with Crippen LogP contribution in [0.15, 0.2) is 42.6 Å². The quantitative estimate of drug-likeness (QED) is 0.921. The lowest BCUT2D eigenvalue weighted by molar-refractivity contribution is -0.130. The van der Waals surface area contributed by atoms with Gasteiger partial charge in [0.25, 0.3) is 0 Å². The van der Waals surface area contributed by atoms with Gasteiger partial charge in [0, 0.05) is 32.8 Å². The Kier molecular flexibility index (Phi) is 5.08. The summed E-state index contributed by atoms with van der Waals surface area (Å²) < 4.78 is 1.98. The predicted molar refractivity (Wildman–Crippen MR) is 90.2 cm³/mol. The summed E-state index contributed by atoms with van der Waals surface area (Å²) in [7, 11) is 0. The number of carbonyl (C=O) groups excluding carboxylic acids is 1. The first-order chi connectivity index (χ1) is 11.2. The number of nitrogens with one attached hydrogen (secondary N) is 1. The first-order valence-corrected chi connectivity index (χ1v) is 8.28. The lowest BCUT2D eigenvalue weighted by Gasteiger charge is -2.31. The maximum atomic E-state index is 11.3. The van der Waals surface area contributed by atoms with Crippen molar-refractivity contribution < 1.29 is 4.79 Å². The van der Waals surface area contributed by atoms with Crippen molar-refractivity contribution in [2.75, 3.05) is 19.6 Å². The van der Waals surface area contributed by atoms with Crippen LogP contribution in [0, 0.1) is 5.92 Å². The van der Waals surface area contributed by atoms with E-state index in [-0.39, 0.29) is 5.91 Å². The van der Waals surface area contributed by atoms with Crippen LogP contribution in [0.3, 0.4) is 0 Å². The molecule has 1 aromatic heterocycles. The lowest BCUT2D eigenvalue weighted by Crippen LogP contribution is -2.39. The van der Waals surface area contributed by atoms with E-state index < -0.39 is 0 Å². The normalized spacial score (nSPS) is 15.8. The highest BCUT2D eigenvalue weighted by atomic mass is 16.2. The zero-order chi connectivity index (χ0) is 16.1. The Morgan fingerprint density at radius 2 is 1.96 bits per heavy atom. The largest absolute Gasteiger partial charge is 0.343 e. The number of hydrogen-bond donors (Lipinski definition) is 1. The van der Waals surface area contributed by atoms with E-state index in [9.17, 15) is 4.79 Å². The van der Waals surface area contributed by atoms with E-state index in [2.05, 4.69) is 28.6 Å². The van der Waals surface area contributed by atoms with E-state index in [1.165, 1.54) is 0 Å². The van der Waals surface area contributed by atoms with Crippen molar-refractivity contribution >= 4 is 5.91 Å². The Hall–Kier alpha value is -2.14. The Labute approximate surface area is 137 Å². The van der Waals surface area contributed by atoms with Crippen LogP contribution in [0.25, 0.3) is 5.69 Å². The minimum absolute atomic E-state index is 0.197. The molecule has 0 saturated carbocycles. The molecule has 0 aliphatic carbocycles. The number of benzene rings is 1. The summed E-state index contributed by atoms with van der Waals surface area (Å²) in [6.45, 7) is 5.24. The summed E-state index contributed by atoms with van der Waals surface area (Å²) in [5.41, 5.74) is 2.25. The van der Waals surface area contributed by atoms with Gasteiger partial charge in [-0.3, -0.25) is 4.79 Å². The van der Waals surface area contributed by atoms with E-state index >= 15 is 0 Å². The fourth-order valence-electron chi connectivity index (χ4n) is 3.12. The molecule has 5 nitrogen and oxygen atoms in total. The van der Waals surface area contributed by atoms with Gasteiger partial charge >= 0.3 is 0 Å². The van der Waals surface area contributed by atoms with Crippen LogP contribution in [-0.4, -0.2) is 40.2 Å². The van der Waals surface area contributed by atoms with Gasteiger partial charge in [-0.1, -0.05) is 18.2 Å². The van der Waals surface area contributed by atoms with Gasteiger partial charge in [0.2, 0.25) is 5.91 Å². The molecule has 1 aliphatic heterocycles. The molecule has 0 radical (unpaired) electrons. The Morgan fingerprint density at radius 1 is 1.22 bits per heavy atom. The molecule has 1 aliphatic rings. The first-order valence-electron chi connectivity index (χ1n) is 8.28. The average Bonchev–Trinajstić information content (AvgIpc) is 3.05. The highest BCUT2D eigenvalue weighted by molar-refractivity contribution is 5.73. The maximum absolute atomic E-state index is 11.3. The number of hydrogen-bond acceptors (Lipinski definition) is 3. The number of carbonyl (C=O) groups is 1. The third kappa shape index (κ3) is 3.99. The number of amides is 1. The molecule has 0 atom stereocenters. The summed E-state index contributed by atoms with van der Waals surface area (Å²) in [5.74, 6) is 0.849. The molecule has 0 unspecified atom stereocenters. The summed E-state index contributed by atoms with van der Waals surface area (Å²) in [4.78, 5) is 13.3. The van der Waals surface area contributed by atoms with Gasteiger partial charge in [0.15, 0.2) is 0 Å². The molecule has 0 spiro atoms. The second-order valence-corrected chi connectivity index (χ2v) is 6.15. The van der Waals surface area contributed by atoms with Gasteiger partial charge in [0.05, 0.1) is 11.4 Å². The zero-order valence-electron chi connectivity index (χ0n) is 13.6. The van der Waals surface area contributed by atoms with Gasteiger partial charge < -0.3 is 10.2 Å². The number of para-hydroxylation sites is 1. The fraction of sp³-hybridized carbons (Fsp3) is 0.444. The number of nitrogens with zero attached hydrogens (tertiary/aromatic N) is 3. The molecular weight excluding hydrogens is 288 g/mol. The molecule has 0 bridgehead atoms. The molecule has 3 rings (SSSR count). The van der Waals surface area contributed by atoms with E-state index in [1.54, 1.807) is 6.92 Å². The molecule has 1 N–H and O–H groups in total. The first kappa shape index (κ1) is 15.7. The van der Waals surface area contributed by atoms with Crippen molar-refractivity contribution in [1.82, 2.24) is 20.0 Å². The van der Waals surface area contributed by atoms with E-state index in [0.717, 1.165) is 50.4 Å². The molecular formula is C18H24N4O. The van der Waals surface area contributed by atoms with Crippen molar-refractivity contribution in [1.29, 1.82) is 0 Å². The Balaban J connectivity index is 1.49. The van der Waals surface area contributed by atoms with Gasteiger partial charge in [0.1, 0.15) is 0 Å². The summed E-state index contributed by atoms with van der Waals surface area (Å²) >= 11 is 0. The molecule has 5 heteroatoms. The van der Waals surface area contributed by atoms with Crippen molar-refractivity contribution in [2.24, 2.45) is 5.92 Å². The van der Waals surface area contributed by atoms with Crippen LogP contribution in [0.4, 0.5) is 0 Å². The van der Waals surface area contributed by atoms with Crippen LogP contribution >= 0.6 is 0 Å². The zero-order valence-corrected chi connectivity index (χ0v) is 13.6. The van der Waals surface area contributed by atoms with Crippen LogP contribution < -0.4 is 5.32 Å². The number of likely N-dealkylation sites (tertiary alicyclic amines) is 1. The topological polar surface area (TPSA) is 50.2 Å². The molecule has 2 aromatic rings. The van der Waals surface area contributed by atoms with E-state index in [1.807, 2.05) is 34.0 Å². The van der Waals surface area contributed by atoms with E-state index in [4.69, 9.17) is 0 Å². The fourth-order valence-corrected chi connectivity index (χ4v) is 3.12. The predicted octanol–water partition coefficient (Wildman–Crippen LogP) is 2.22. The van der Waals surface area contributed by atoms with Crippen LogP contribution in [0.5, 0.6) is 0 Å². The molecule has 1 aromatic carbocycles. The molecule has 1 amide bonds. The second-order valence-electron chi connectivity index (χ2n) is 6.15. The summed E-state index contributed by atoms with van der Waals surface area (Å²) in [6.07, 6.45) is 4.02. The van der Waals surface area contributed by atoms with Gasteiger partial charge in [-0.2, -0.15) is 5.10 Å². The second kappa shape index (κ2) is 7.42. The van der Waals surface area contributed by atoms with Gasteiger partial charge in [-0.05, 0) is 43.5 Å². The minimum atomic E-state index is 0.197. The van der Waals surface area contributed by atoms with Crippen LogP contribution in [0.1, 0.15) is 25.5 Å². The van der Waals surface area contributed by atoms with Crippen molar-refractivity contribution in [3.8, 4) is 5.69 Å². The SMILES string of the molecule is CC(=O)N1CCC(CNCc2ccnn2-c2ccccc2)CC1. The summed E-state index contributed by atoms with van der Waals surface area (Å²) in [5, 5.41) is 7.96. The molecule has 122 valence electrons. The maximum Gasteiger partial charge on any atom is 0.219 e. The van der Waals surface area contributed by atoms with Gasteiger partial charge in [-0.15, -0.1) is 0 Å². The highest BCUT2D eigenvalue weighted by Crippen LogP contribution is 2.16. The smallest absolute Gasteiger partial charge is 0.219 e. The molecule has 2 heterocycles. The van der Waals surface area contributed by atoms with Crippen molar-refractivity contribution in [2.45, 2.75) is 26.3 Å².